The van der Waals surface area contributed by atoms with Crippen molar-refractivity contribution < 1.29 is 9.53 Å². The number of hydrogen-bond donors (Lipinski definition) is 0. The molecule has 0 saturated carbocycles. The van der Waals surface area contributed by atoms with Gasteiger partial charge in [0, 0.05) is 25.9 Å². The van der Waals surface area contributed by atoms with Crippen LogP contribution in [0.1, 0.15) is 20.8 Å². The minimum Gasteiger partial charge on any atom is -0.362 e. The summed E-state index contributed by atoms with van der Waals surface area (Å²) in [6, 6.07) is 1.80. The summed E-state index contributed by atoms with van der Waals surface area (Å²) in [7, 11) is 0. The molecule has 2 fully saturated rings. The maximum Gasteiger partial charge on any atom is 0.225 e. The van der Waals surface area contributed by atoms with Crippen molar-refractivity contribution in [2.45, 2.75) is 32.0 Å². The van der Waals surface area contributed by atoms with E-state index in [0.717, 1.165) is 19.0 Å². The van der Waals surface area contributed by atoms with E-state index in [1.807, 2.05) is 18.7 Å². The van der Waals surface area contributed by atoms with E-state index in [9.17, 15) is 4.79 Å². The highest BCUT2D eigenvalue weighted by atomic mass is 16.5. The van der Waals surface area contributed by atoms with Crippen LogP contribution in [0.4, 0.5) is 5.95 Å². The molecule has 0 aromatic carbocycles. The Morgan fingerprint density at radius 1 is 1.20 bits per heavy atom. The second-order valence-corrected chi connectivity index (χ2v) is 6.32. The third kappa shape index (κ3) is 2.35. The molecule has 2 aliphatic rings. The van der Waals surface area contributed by atoms with Crippen LogP contribution in [0.3, 0.4) is 0 Å². The number of hydrogen-bond acceptors (Lipinski definition) is 5. The molecule has 2 aliphatic heterocycles. The van der Waals surface area contributed by atoms with Gasteiger partial charge in [-0.2, -0.15) is 0 Å². The summed E-state index contributed by atoms with van der Waals surface area (Å²) in [5, 5.41) is 0. The molecule has 0 unspecified atom stereocenters. The number of aromatic nitrogens is 2. The van der Waals surface area contributed by atoms with E-state index in [4.69, 9.17) is 4.74 Å². The lowest BCUT2D eigenvalue weighted by Crippen LogP contribution is -2.74. The van der Waals surface area contributed by atoms with E-state index >= 15 is 0 Å². The Balaban J connectivity index is 1.73. The van der Waals surface area contributed by atoms with Crippen molar-refractivity contribution in [1.82, 2.24) is 14.9 Å². The summed E-state index contributed by atoms with van der Waals surface area (Å²) < 4.78 is 6.24. The van der Waals surface area contributed by atoms with Crippen LogP contribution >= 0.6 is 0 Å². The largest absolute Gasteiger partial charge is 0.362 e. The predicted molar refractivity (Wildman–Crippen MR) is 74.4 cm³/mol. The lowest BCUT2D eigenvalue weighted by molar-refractivity contribution is -0.208. The van der Waals surface area contributed by atoms with Gasteiger partial charge >= 0.3 is 0 Å². The van der Waals surface area contributed by atoms with Crippen LogP contribution in [0.25, 0.3) is 0 Å². The Bertz CT molecular complexity index is 511. The zero-order valence-electron chi connectivity index (χ0n) is 12.2. The van der Waals surface area contributed by atoms with Crippen LogP contribution < -0.4 is 4.90 Å². The number of carbonyl (C=O) groups excluding carboxylic acids is 1. The first-order valence-corrected chi connectivity index (χ1v) is 6.87. The van der Waals surface area contributed by atoms with Gasteiger partial charge in [0.1, 0.15) is 5.60 Å². The van der Waals surface area contributed by atoms with Crippen molar-refractivity contribution >= 4 is 11.9 Å². The summed E-state index contributed by atoms with van der Waals surface area (Å²) in [6.45, 7) is 8.43. The number of morpholine rings is 1. The summed E-state index contributed by atoms with van der Waals surface area (Å²) in [5.74, 6) is 0.828. The van der Waals surface area contributed by atoms with Crippen molar-refractivity contribution in [1.29, 1.82) is 0 Å². The molecule has 2 saturated heterocycles. The molecule has 6 nitrogen and oxygen atoms in total. The standard InChI is InChI=1S/C14H20N4O2/c1-11(19)17-7-13(2,3)20-14(8-17)9-18(10-14)12-15-5-4-6-16-12/h4-6H,7-10H2,1-3H3. The van der Waals surface area contributed by atoms with Crippen LogP contribution in [0, 0.1) is 0 Å². The average Bonchev–Trinajstić information content (AvgIpc) is 2.35. The maximum absolute atomic E-state index is 11.7. The Kier molecular flexibility index (Phi) is 2.93. The molecule has 0 bridgehead atoms. The Hall–Kier alpha value is -1.69. The fourth-order valence-corrected chi connectivity index (χ4v) is 3.15. The number of carbonyl (C=O) groups is 1. The first-order chi connectivity index (χ1) is 9.39. The SMILES string of the molecule is CC(=O)N1CC(C)(C)OC2(C1)CN(c1ncccn1)C2. The molecule has 3 rings (SSSR count). The van der Waals surface area contributed by atoms with E-state index in [2.05, 4.69) is 14.9 Å². The van der Waals surface area contributed by atoms with Gasteiger partial charge in [-0.3, -0.25) is 4.79 Å². The molecule has 108 valence electrons. The van der Waals surface area contributed by atoms with Crippen molar-refractivity contribution in [3.8, 4) is 0 Å². The van der Waals surface area contributed by atoms with Gasteiger partial charge in [0.2, 0.25) is 11.9 Å². The zero-order chi connectivity index (χ0) is 14.4. The smallest absolute Gasteiger partial charge is 0.225 e. The third-order valence-electron chi connectivity index (χ3n) is 3.78. The molecule has 3 heterocycles. The molecular weight excluding hydrogens is 256 g/mol. The third-order valence-corrected chi connectivity index (χ3v) is 3.78. The second kappa shape index (κ2) is 4.41. The monoisotopic (exact) mass is 276 g/mol. The summed E-state index contributed by atoms with van der Waals surface area (Å²) in [4.78, 5) is 24.2. The van der Waals surface area contributed by atoms with Gasteiger partial charge < -0.3 is 14.5 Å². The minimum absolute atomic E-state index is 0.107. The van der Waals surface area contributed by atoms with Crippen LogP contribution in [0.5, 0.6) is 0 Å². The van der Waals surface area contributed by atoms with Crippen LogP contribution in [0.15, 0.2) is 18.5 Å². The molecule has 0 N–H and O–H groups in total. The maximum atomic E-state index is 11.7. The summed E-state index contributed by atoms with van der Waals surface area (Å²) in [5.41, 5.74) is -0.597. The lowest BCUT2D eigenvalue weighted by atomic mass is 9.88. The van der Waals surface area contributed by atoms with Crippen molar-refractivity contribution in [2.75, 3.05) is 31.1 Å². The van der Waals surface area contributed by atoms with E-state index in [0.29, 0.717) is 13.1 Å². The van der Waals surface area contributed by atoms with Crippen molar-refractivity contribution in [3.63, 3.8) is 0 Å². The van der Waals surface area contributed by atoms with E-state index in [-0.39, 0.29) is 17.1 Å². The van der Waals surface area contributed by atoms with Gasteiger partial charge in [-0.15, -0.1) is 0 Å². The number of amides is 1. The molecule has 20 heavy (non-hydrogen) atoms. The lowest BCUT2D eigenvalue weighted by Gasteiger charge is -2.57. The van der Waals surface area contributed by atoms with E-state index < -0.39 is 0 Å². The molecule has 0 radical (unpaired) electrons. The molecule has 0 aliphatic carbocycles. The van der Waals surface area contributed by atoms with Crippen molar-refractivity contribution in [3.05, 3.63) is 18.5 Å². The highest BCUT2D eigenvalue weighted by Crippen LogP contribution is 2.36. The number of anilines is 1. The summed E-state index contributed by atoms with van der Waals surface area (Å²) >= 11 is 0. The van der Waals surface area contributed by atoms with Gasteiger partial charge in [-0.25, -0.2) is 9.97 Å². The minimum atomic E-state index is -0.312. The quantitative estimate of drug-likeness (QED) is 0.755. The van der Waals surface area contributed by atoms with Gasteiger partial charge in [-0.1, -0.05) is 0 Å². The highest BCUT2D eigenvalue weighted by Gasteiger charge is 2.53. The Labute approximate surface area is 118 Å². The van der Waals surface area contributed by atoms with Gasteiger partial charge in [0.05, 0.1) is 25.2 Å². The van der Waals surface area contributed by atoms with Crippen LogP contribution in [0.2, 0.25) is 0 Å². The van der Waals surface area contributed by atoms with Gasteiger partial charge in [0.15, 0.2) is 0 Å². The molecule has 6 heteroatoms. The molecule has 1 amide bonds. The average molecular weight is 276 g/mol. The number of ether oxygens (including phenoxy) is 1. The van der Waals surface area contributed by atoms with Crippen LogP contribution in [-0.4, -0.2) is 58.2 Å². The number of nitrogens with zero attached hydrogens (tertiary/aromatic N) is 4. The second-order valence-electron chi connectivity index (χ2n) is 6.32. The van der Waals surface area contributed by atoms with E-state index in [1.165, 1.54) is 0 Å². The topological polar surface area (TPSA) is 58.6 Å². The first-order valence-electron chi connectivity index (χ1n) is 6.87. The zero-order valence-corrected chi connectivity index (χ0v) is 12.2. The van der Waals surface area contributed by atoms with E-state index in [1.54, 1.807) is 25.4 Å². The molecule has 1 spiro atoms. The molecule has 0 atom stereocenters. The van der Waals surface area contributed by atoms with Crippen LogP contribution in [-0.2, 0) is 9.53 Å². The Morgan fingerprint density at radius 3 is 2.45 bits per heavy atom. The fraction of sp³-hybridized carbons (Fsp3) is 0.643. The Morgan fingerprint density at radius 2 is 1.85 bits per heavy atom. The molecule has 1 aromatic rings. The fourth-order valence-electron chi connectivity index (χ4n) is 3.15. The van der Waals surface area contributed by atoms with Crippen molar-refractivity contribution in [2.24, 2.45) is 0 Å². The summed E-state index contributed by atoms with van der Waals surface area (Å²) in [6.07, 6.45) is 3.47. The van der Waals surface area contributed by atoms with Gasteiger partial charge in [-0.05, 0) is 19.9 Å². The molecule has 1 aromatic heterocycles. The molecular formula is C14H20N4O2. The van der Waals surface area contributed by atoms with Gasteiger partial charge in [0.25, 0.3) is 0 Å². The predicted octanol–water partition coefficient (Wildman–Crippen LogP) is 0.693. The first kappa shape index (κ1) is 13.3. The normalized spacial score (nSPS) is 23.6. The number of rotatable bonds is 1. The highest BCUT2D eigenvalue weighted by molar-refractivity contribution is 5.73.